The molecule has 2 rings (SSSR count). The van der Waals surface area contributed by atoms with Crippen molar-refractivity contribution in [1.29, 1.82) is 0 Å². The third-order valence-corrected chi connectivity index (χ3v) is 5.14. The van der Waals surface area contributed by atoms with E-state index in [1.165, 1.54) is 0 Å². The molecule has 25 heavy (non-hydrogen) atoms. The summed E-state index contributed by atoms with van der Waals surface area (Å²) in [6.07, 6.45) is 1.76. The van der Waals surface area contributed by atoms with Crippen LogP contribution in [0.3, 0.4) is 0 Å². The fraction of sp³-hybridized carbons (Fsp3) is 0.611. The third kappa shape index (κ3) is 5.93. The summed E-state index contributed by atoms with van der Waals surface area (Å²) in [7, 11) is 4.09. The zero-order valence-corrected chi connectivity index (χ0v) is 16.5. The van der Waals surface area contributed by atoms with Crippen molar-refractivity contribution >= 4 is 17.2 Å². The number of aromatic nitrogens is 2. The van der Waals surface area contributed by atoms with Crippen LogP contribution in [0, 0.1) is 5.41 Å². The minimum absolute atomic E-state index is 0.0151. The highest BCUT2D eigenvalue weighted by Crippen LogP contribution is 2.22. The van der Waals surface area contributed by atoms with Crippen LogP contribution >= 0.6 is 11.3 Å². The minimum Gasteiger partial charge on any atom is -0.353 e. The van der Waals surface area contributed by atoms with Gasteiger partial charge in [-0.25, -0.2) is 0 Å². The van der Waals surface area contributed by atoms with Crippen molar-refractivity contribution in [1.82, 2.24) is 20.4 Å². The molecule has 0 aliphatic rings. The Kier molecular flexibility index (Phi) is 6.72. The molecule has 0 saturated carbocycles. The van der Waals surface area contributed by atoms with Crippen molar-refractivity contribution in [2.24, 2.45) is 5.41 Å². The summed E-state index contributed by atoms with van der Waals surface area (Å²) in [5.41, 5.74) is 0.0151. The number of hydrogen-bond donors (Lipinski definition) is 1. The Balaban J connectivity index is 1.75. The molecule has 0 bridgehead atoms. The molecule has 0 fully saturated rings. The molecule has 1 amide bonds. The lowest BCUT2D eigenvalue weighted by atomic mass is 9.85. The monoisotopic (exact) mass is 364 g/mol. The van der Waals surface area contributed by atoms with Crippen LogP contribution in [0.25, 0.3) is 10.7 Å². The van der Waals surface area contributed by atoms with Crippen LogP contribution < -0.4 is 5.32 Å². The topological polar surface area (TPSA) is 71.3 Å². The number of carbonyl (C=O) groups is 1. The number of nitrogens with one attached hydrogen (secondary N) is 1. The smallest absolute Gasteiger partial charge is 0.226 e. The van der Waals surface area contributed by atoms with Gasteiger partial charge < -0.3 is 14.7 Å². The first-order chi connectivity index (χ1) is 11.8. The lowest BCUT2D eigenvalue weighted by molar-refractivity contribution is -0.122. The van der Waals surface area contributed by atoms with Gasteiger partial charge in [-0.15, -0.1) is 11.3 Å². The molecule has 2 aromatic rings. The average Bonchev–Trinajstić information content (AvgIpc) is 3.16. The molecule has 2 aromatic heterocycles. The van der Waals surface area contributed by atoms with Gasteiger partial charge in [-0.2, -0.15) is 4.98 Å². The van der Waals surface area contributed by atoms with E-state index in [0.717, 1.165) is 11.4 Å². The maximum Gasteiger partial charge on any atom is 0.226 e. The van der Waals surface area contributed by atoms with Gasteiger partial charge in [0.1, 0.15) is 0 Å². The largest absolute Gasteiger partial charge is 0.353 e. The molecular formula is C18H28N4O2S. The number of hydrogen-bond acceptors (Lipinski definition) is 6. The highest BCUT2D eigenvalue weighted by atomic mass is 32.1. The second kappa shape index (κ2) is 8.58. The lowest BCUT2D eigenvalue weighted by Gasteiger charge is -2.34. The molecule has 6 nitrogen and oxygen atoms in total. The van der Waals surface area contributed by atoms with Crippen molar-refractivity contribution in [3.63, 3.8) is 0 Å². The van der Waals surface area contributed by atoms with Crippen molar-refractivity contribution in [2.45, 2.75) is 46.1 Å². The predicted molar refractivity (Wildman–Crippen MR) is 100 cm³/mol. The molecule has 0 radical (unpaired) electrons. The Morgan fingerprint density at radius 3 is 2.84 bits per heavy atom. The van der Waals surface area contributed by atoms with Gasteiger partial charge in [0.15, 0.2) is 0 Å². The number of amides is 1. The molecule has 1 N–H and O–H groups in total. The van der Waals surface area contributed by atoms with E-state index >= 15 is 0 Å². The zero-order chi connectivity index (χ0) is 18.4. The van der Waals surface area contributed by atoms with Gasteiger partial charge in [0, 0.05) is 25.4 Å². The Bertz CT molecular complexity index is 664. The number of carbonyl (C=O) groups excluding carboxylic acids is 1. The standard InChI is InChI=1S/C18H28N4O2S/c1-13(18(2,3)12-22(4)5)19-15(23)9-6-10-16-20-17(21-24-16)14-8-7-11-25-14/h7-8,11,13H,6,9-10,12H2,1-5H3,(H,19,23)/t13-/m1/s1. The molecule has 0 aliphatic heterocycles. The van der Waals surface area contributed by atoms with Gasteiger partial charge in [0.25, 0.3) is 0 Å². The van der Waals surface area contributed by atoms with Gasteiger partial charge in [-0.1, -0.05) is 25.1 Å². The summed E-state index contributed by atoms with van der Waals surface area (Å²) in [6.45, 7) is 7.32. The Hall–Kier alpha value is -1.73. The van der Waals surface area contributed by atoms with Crippen LogP contribution in [-0.4, -0.2) is 47.6 Å². The first-order valence-corrected chi connectivity index (χ1v) is 9.46. The summed E-state index contributed by atoms with van der Waals surface area (Å²) in [5.74, 6) is 1.27. The third-order valence-electron chi connectivity index (χ3n) is 4.28. The van der Waals surface area contributed by atoms with Gasteiger partial charge in [-0.3, -0.25) is 4.79 Å². The van der Waals surface area contributed by atoms with E-state index in [-0.39, 0.29) is 17.4 Å². The van der Waals surface area contributed by atoms with Crippen molar-refractivity contribution < 1.29 is 9.32 Å². The normalized spacial score (nSPS) is 13.2. The number of nitrogens with zero attached hydrogens (tertiary/aromatic N) is 3. The number of aryl methyl sites for hydroxylation is 1. The van der Waals surface area contributed by atoms with E-state index in [9.17, 15) is 4.79 Å². The zero-order valence-electron chi connectivity index (χ0n) is 15.7. The summed E-state index contributed by atoms with van der Waals surface area (Å²) in [6, 6.07) is 4.03. The molecule has 0 aromatic carbocycles. The fourth-order valence-corrected chi connectivity index (χ4v) is 3.37. The molecule has 0 aliphatic carbocycles. The lowest BCUT2D eigenvalue weighted by Crippen LogP contribution is -2.47. The van der Waals surface area contributed by atoms with Crippen LogP contribution in [0.4, 0.5) is 0 Å². The van der Waals surface area contributed by atoms with Gasteiger partial charge in [0.2, 0.25) is 17.6 Å². The molecule has 0 saturated heterocycles. The van der Waals surface area contributed by atoms with Crippen LogP contribution in [0.1, 0.15) is 39.5 Å². The van der Waals surface area contributed by atoms with E-state index < -0.39 is 0 Å². The summed E-state index contributed by atoms with van der Waals surface area (Å²) < 4.78 is 5.26. The van der Waals surface area contributed by atoms with Crippen LogP contribution in [-0.2, 0) is 11.2 Å². The number of rotatable bonds is 9. The quantitative estimate of drug-likeness (QED) is 0.740. The second-order valence-electron chi connectivity index (χ2n) is 7.36. The molecule has 0 unspecified atom stereocenters. The molecular weight excluding hydrogens is 336 g/mol. The Morgan fingerprint density at radius 2 is 2.20 bits per heavy atom. The van der Waals surface area contributed by atoms with Crippen molar-refractivity contribution in [2.75, 3.05) is 20.6 Å². The predicted octanol–water partition coefficient (Wildman–Crippen LogP) is 3.21. The SMILES string of the molecule is C[C@@H](NC(=O)CCCc1nc(-c2cccs2)no1)C(C)(C)CN(C)C. The van der Waals surface area contributed by atoms with Crippen LogP contribution in [0.5, 0.6) is 0 Å². The molecule has 1 atom stereocenters. The summed E-state index contributed by atoms with van der Waals surface area (Å²) in [4.78, 5) is 19.7. The van der Waals surface area contributed by atoms with Gasteiger partial charge >= 0.3 is 0 Å². The summed E-state index contributed by atoms with van der Waals surface area (Å²) >= 11 is 1.58. The van der Waals surface area contributed by atoms with E-state index in [1.807, 2.05) is 31.6 Å². The van der Waals surface area contributed by atoms with Crippen molar-refractivity contribution in [3.05, 3.63) is 23.4 Å². The number of thiophene rings is 1. The van der Waals surface area contributed by atoms with E-state index in [0.29, 0.717) is 31.0 Å². The Labute approximate surface area is 153 Å². The Morgan fingerprint density at radius 1 is 1.44 bits per heavy atom. The van der Waals surface area contributed by atoms with Gasteiger partial charge in [0.05, 0.1) is 4.88 Å². The second-order valence-corrected chi connectivity index (χ2v) is 8.31. The van der Waals surface area contributed by atoms with E-state index in [2.05, 4.69) is 41.1 Å². The van der Waals surface area contributed by atoms with Crippen LogP contribution in [0.15, 0.2) is 22.0 Å². The fourth-order valence-electron chi connectivity index (χ4n) is 2.72. The minimum atomic E-state index is 0.0151. The molecule has 0 spiro atoms. The maximum atomic E-state index is 12.2. The molecule has 2 heterocycles. The average molecular weight is 365 g/mol. The summed E-state index contributed by atoms with van der Waals surface area (Å²) in [5, 5.41) is 9.07. The highest BCUT2D eigenvalue weighted by molar-refractivity contribution is 7.13. The first kappa shape index (κ1) is 19.6. The van der Waals surface area contributed by atoms with E-state index in [4.69, 9.17) is 4.52 Å². The van der Waals surface area contributed by atoms with Crippen molar-refractivity contribution in [3.8, 4) is 10.7 Å². The van der Waals surface area contributed by atoms with Gasteiger partial charge in [-0.05, 0) is 44.3 Å². The highest BCUT2D eigenvalue weighted by Gasteiger charge is 2.27. The molecule has 138 valence electrons. The van der Waals surface area contributed by atoms with Crippen LogP contribution in [0.2, 0.25) is 0 Å². The maximum absolute atomic E-state index is 12.2. The molecule has 7 heteroatoms. The van der Waals surface area contributed by atoms with E-state index in [1.54, 1.807) is 11.3 Å². The first-order valence-electron chi connectivity index (χ1n) is 8.58.